The van der Waals surface area contributed by atoms with Crippen molar-refractivity contribution >= 4 is 17.5 Å². The summed E-state index contributed by atoms with van der Waals surface area (Å²) in [6.45, 7) is 6.59. The van der Waals surface area contributed by atoms with Gasteiger partial charge in [0.15, 0.2) is 0 Å². The minimum Gasteiger partial charge on any atom is -0.475 e. The highest BCUT2D eigenvalue weighted by Gasteiger charge is 2.29. The van der Waals surface area contributed by atoms with Crippen LogP contribution in [0.1, 0.15) is 32.4 Å². The van der Waals surface area contributed by atoms with Gasteiger partial charge in [-0.2, -0.15) is 4.98 Å². The number of hydrogen-bond acceptors (Lipinski definition) is 4. The highest BCUT2D eigenvalue weighted by atomic mass is 35.5. The number of nitrogens with one attached hydrogen (secondary N) is 1. The van der Waals surface area contributed by atoms with E-state index in [1.165, 1.54) is 12.8 Å². The highest BCUT2D eigenvalue weighted by Crippen LogP contribution is 2.35. The standard InChI is InChI=1S/C13H20ClN3O/c1-8(2)18-12-6-9(3)16-13(17-12)15-7-11(14)10-4-5-10/h6,8,10-11H,4-5,7H2,1-3H3,(H,15,16,17). The summed E-state index contributed by atoms with van der Waals surface area (Å²) in [6, 6.07) is 1.84. The van der Waals surface area contributed by atoms with Gasteiger partial charge in [-0.15, -0.1) is 11.6 Å². The van der Waals surface area contributed by atoms with E-state index < -0.39 is 0 Å². The minimum absolute atomic E-state index is 0.111. The molecule has 0 bridgehead atoms. The molecule has 1 unspecified atom stereocenters. The molecule has 0 aromatic carbocycles. The van der Waals surface area contributed by atoms with Crippen LogP contribution in [0, 0.1) is 12.8 Å². The molecule has 100 valence electrons. The summed E-state index contributed by atoms with van der Waals surface area (Å²) in [5.41, 5.74) is 0.890. The van der Waals surface area contributed by atoms with Gasteiger partial charge < -0.3 is 10.1 Å². The number of anilines is 1. The number of halogens is 1. The number of aromatic nitrogens is 2. The third-order valence-corrected chi connectivity index (χ3v) is 3.29. The van der Waals surface area contributed by atoms with Crippen molar-refractivity contribution in [3.63, 3.8) is 0 Å². The van der Waals surface area contributed by atoms with Crippen LogP contribution in [0.4, 0.5) is 5.95 Å². The summed E-state index contributed by atoms with van der Waals surface area (Å²) >= 11 is 6.24. The Bertz CT molecular complexity index is 407. The molecule has 0 amide bonds. The number of rotatable bonds is 6. The molecule has 5 heteroatoms. The quantitative estimate of drug-likeness (QED) is 0.807. The molecule has 0 aliphatic heterocycles. The van der Waals surface area contributed by atoms with Crippen molar-refractivity contribution in [3.05, 3.63) is 11.8 Å². The monoisotopic (exact) mass is 269 g/mol. The molecule has 1 heterocycles. The summed E-state index contributed by atoms with van der Waals surface area (Å²) in [5, 5.41) is 3.36. The Kier molecular flexibility index (Phi) is 4.27. The van der Waals surface area contributed by atoms with Crippen molar-refractivity contribution < 1.29 is 4.74 Å². The van der Waals surface area contributed by atoms with Crippen molar-refractivity contribution in [2.45, 2.75) is 45.1 Å². The highest BCUT2D eigenvalue weighted by molar-refractivity contribution is 6.21. The Hall–Kier alpha value is -1.03. The van der Waals surface area contributed by atoms with Crippen LogP contribution in [0.2, 0.25) is 0 Å². The van der Waals surface area contributed by atoms with Crippen molar-refractivity contribution in [1.82, 2.24) is 9.97 Å². The summed E-state index contributed by atoms with van der Waals surface area (Å²) in [4.78, 5) is 8.65. The maximum absolute atomic E-state index is 6.24. The molecule has 1 atom stereocenters. The Morgan fingerprint density at radius 2 is 2.17 bits per heavy atom. The third-order valence-electron chi connectivity index (χ3n) is 2.78. The zero-order valence-corrected chi connectivity index (χ0v) is 11.9. The molecule has 4 nitrogen and oxygen atoms in total. The molecule has 1 saturated carbocycles. The maximum atomic E-state index is 6.24. The minimum atomic E-state index is 0.111. The molecular formula is C13H20ClN3O. The Morgan fingerprint density at radius 1 is 1.44 bits per heavy atom. The molecule has 0 saturated heterocycles. The van der Waals surface area contributed by atoms with Gasteiger partial charge in [-0.05, 0) is 39.5 Å². The predicted octanol–water partition coefficient (Wildman–Crippen LogP) is 3.00. The fourth-order valence-corrected chi connectivity index (χ4v) is 2.06. The lowest BCUT2D eigenvalue weighted by molar-refractivity contribution is 0.232. The maximum Gasteiger partial charge on any atom is 0.226 e. The first-order chi connectivity index (χ1) is 8.54. The smallest absolute Gasteiger partial charge is 0.226 e. The fraction of sp³-hybridized carbons (Fsp3) is 0.692. The SMILES string of the molecule is Cc1cc(OC(C)C)nc(NCC(Cl)C2CC2)n1. The van der Waals surface area contributed by atoms with Crippen LogP contribution >= 0.6 is 11.6 Å². The molecule has 1 aromatic rings. The lowest BCUT2D eigenvalue weighted by Gasteiger charge is -2.13. The number of alkyl halides is 1. The van der Waals surface area contributed by atoms with Crippen LogP contribution in [0.15, 0.2) is 6.07 Å². The van der Waals surface area contributed by atoms with E-state index in [0.29, 0.717) is 24.3 Å². The van der Waals surface area contributed by atoms with E-state index in [1.807, 2.05) is 26.8 Å². The van der Waals surface area contributed by atoms with E-state index in [4.69, 9.17) is 16.3 Å². The van der Waals surface area contributed by atoms with Crippen LogP contribution < -0.4 is 10.1 Å². The number of aryl methyl sites for hydroxylation is 1. The zero-order valence-electron chi connectivity index (χ0n) is 11.1. The van der Waals surface area contributed by atoms with Gasteiger partial charge in [0.25, 0.3) is 0 Å². The summed E-state index contributed by atoms with van der Waals surface area (Å²) in [6.07, 6.45) is 2.60. The van der Waals surface area contributed by atoms with Crippen molar-refractivity contribution in [3.8, 4) is 5.88 Å². The number of ether oxygens (including phenoxy) is 1. The van der Waals surface area contributed by atoms with E-state index in [1.54, 1.807) is 0 Å². The Labute approximate surface area is 113 Å². The average Bonchev–Trinajstić information content (AvgIpc) is 3.07. The molecule has 1 aliphatic carbocycles. The molecule has 1 fully saturated rings. The molecule has 1 aromatic heterocycles. The number of nitrogens with zero attached hydrogens (tertiary/aromatic N) is 2. The molecule has 18 heavy (non-hydrogen) atoms. The van der Waals surface area contributed by atoms with Gasteiger partial charge in [0.1, 0.15) is 0 Å². The van der Waals surface area contributed by atoms with Gasteiger partial charge in [-0.25, -0.2) is 4.98 Å². The third kappa shape index (κ3) is 4.02. The van der Waals surface area contributed by atoms with Crippen LogP contribution in [-0.4, -0.2) is 28.0 Å². The number of hydrogen-bond donors (Lipinski definition) is 1. The lowest BCUT2D eigenvalue weighted by Crippen LogP contribution is -2.18. The van der Waals surface area contributed by atoms with Crippen LogP contribution in [0.5, 0.6) is 5.88 Å². The first-order valence-electron chi connectivity index (χ1n) is 6.45. The van der Waals surface area contributed by atoms with E-state index >= 15 is 0 Å². The molecule has 1 aliphatic rings. The predicted molar refractivity (Wildman–Crippen MR) is 73.4 cm³/mol. The second-order valence-corrected chi connectivity index (χ2v) is 5.63. The van der Waals surface area contributed by atoms with Crippen LogP contribution in [0.25, 0.3) is 0 Å². The fourth-order valence-electron chi connectivity index (χ4n) is 1.73. The molecule has 0 spiro atoms. The van der Waals surface area contributed by atoms with Gasteiger partial charge in [-0.3, -0.25) is 0 Å². The molecular weight excluding hydrogens is 250 g/mol. The van der Waals surface area contributed by atoms with Gasteiger partial charge in [0.2, 0.25) is 11.8 Å². The molecule has 1 N–H and O–H groups in total. The second-order valence-electron chi connectivity index (χ2n) is 5.07. The van der Waals surface area contributed by atoms with Crippen LogP contribution in [0.3, 0.4) is 0 Å². The second kappa shape index (κ2) is 5.74. The van der Waals surface area contributed by atoms with Crippen LogP contribution in [-0.2, 0) is 0 Å². The zero-order chi connectivity index (χ0) is 13.1. The lowest BCUT2D eigenvalue weighted by atomic mass is 10.3. The van der Waals surface area contributed by atoms with Crippen molar-refractivity contribution in [2.75, 3.05) is 11.9 Å². The van der Waals surface area contributed by atoms with E-state index in [-0.39, 0.29) is 11.5 Å². The largest absolute Gasteiger partial charge is 0.475 e. The van der Waals surface area contributed by atoms with Gasteiger partial charge in [-0.1, -0.05) is 0 Å². The topological polar surface area (TPSA) is 47.0 Å². The van der Waals surface area contributed by atoms with E-state index in [9.17, 15) is 0 Å². The molecule has 2 rings (SSSR count). The Morgan fingerprint density at radius 3 is 2.78 bits per heavy atom. The van der Waals surface area contributed by atoms with Gasteiger partial charge >= 0.3 is 0 Å². The van der Waals surface area contributed by atoms with Gasteiger partial charge in [0.05, 0.1) is 11.5 Å². The van der Waals surface area contributed by atoms with E-state index in [0.717, 1.165) is 5.69 Å². The van der Waals surface area contributed by atoms with Crippen molar-refractivity contribution in [2.24, 2.45) is 5.92 Å². The average molecular weight is 270 g/mol. The first kappa shape index (κ1) is 13.4. The first-order valence-corrected chi connectivity index (χ1v) is 6.88. The molecule has 0 radical (unpaired) electrons. The normalized spacial score (nSPS) is 16.7. The van der Waals surface area contributed by atoms with E-state index in [2.05, 4.69) is 15.3 Å². The Balaban J connectivity index is 1.95. The van der Waals surface area contributed by atoms with Crippen molar-refractivity contribution in [1.29, 1.82) is 0 Å². The summed E-state index contributed by atoms with van der Waals surface area (Å²) in [7, 11) is 0. The van der Waals surface area contributed by atoms with Gasteiger partial charge in [0, 0.05) is 18.3 Å². The summed E-state index contributed by atoms with van der Waals surface area (Å²) in [5.74, 6) is 1.87. The summed E-state index contributed by atoms with van der Waals surface area (Å²) < 4.78 is 5.58.